The Kier molecular flexibility index (Phi) is 7.90. The van der Waals surface area contributed by atoms with E-state index in [0.717, 1.165) is 22.4 Å². The molecule has 208 valence electrons. The molecule has 38 heavy (non-hydrogen) atoms. The lowest BCUT2D eigenvalue weighted by Gasteiger charge is -2.41. The number of amides is 2. The van der Waals surface area contributed by atoms with Crippen molar-refractivity contribution < 1.29 is 38.7 Å². The van der Waals surface area contributed by atoms with Gasteiger partial charge >= 0.3 is 6.09 Å². The summed E-state index contributed by atoms with van der Waals surface area (Å²) in [4.78, 5) is 27.2. The van der Waals surface area contributed by atoms with Crippen LogP contribution in [0, 0.1) is 6.92 Å². The summed E-state index contributed by atoms with van der Waals surface area (Å²) in [5.41, 5.74) is 1.03. The molecule has 10 heteroatoms. The molecule has 0 spiro atoms. The van der Waals surface area contributed by atoms with Gasteiger partial charge < -0.3 is 34.1 Å². The lowest BCUT2D eigenvalue weighted by atomic mass is 9.89. The summed E-state index contributed by atoms with van der Waals surface area (Å²) >= 11 is 0. The fraction of sp³-hybridized carbons (Fsp3) is 0.571. The number of hydrogen-bond acceptors (Lipinski definition) is 8. The standard InChI is InChI=1S/C28H38N2O8/c1-16-8-7-9-22(36-6)28(34)15-21(37-26(33)29-28)24(32)25-27(3,38-25)11-10-23(31)30(4)19-13-18(12-16)14-20(35-5)17(19)2/h7-9,13-14,21-22,24-25,32,34H,10-12,15H2,1-6H3,(H,29,33). The first-order valence-corrected chi connectivity index (χ1v) is 12.8. The fourth-order valence-corrected chi connectivity index (χ4v) is 5.39. The van der Waals surface area contributed by atoms with E-state index in [9.17, 15) is 19.8 Å². The minimum Gasteiger partial charge on any atom is -0.496 e. The Morgan fingerprint density at radius 1 is 1.21 bits per heavy atom. The number of aliphatic hydroxyl groups excluding tert-OH is 1. The summed E-state index contributed by atoms with van der Waals surface area (Å²) in [5.74, 6) is 0.590. The molecule has 1 aromatic rings. The maximum Gasteiger partial charge on any atom is 0.409 e. The quantitative estimate of drug-likeness (QED) is 0.498. The van der Waals surface area contributed by atoms with Crippen LogP contribution in [0.5, 0.6) is 5.75 Å². The van der Waals surface area contributed by atoms with E-state index in [0.29, 0.717) is 18.6 Å². The van der Waals surface area contributed by atoms with Gasteiger partial charge in [-0.2, -0.15) is 0 Å². The summed E-state index contributed by atoms with van der Waals surface area (Å²) in [6.45, 7) is 5.71. The summed E-state index contributed by atoms with van der Waals surface area (Å²) in [6.07, 6.45) is 1.69. The Hall–Kier alpha value is -2.92. The molecule has 3 aliphatic rings. The van der Waals surface area contributed by atoms with Crippen LogP contribution in [0.3, 0.4) is 0 Å². The Morgan fingerprint density at radius 3 is 2.63 bits per heavy atom. The average molecular weight is 531 g/mol. The Labute approximate surface area is 223 Å². The lowest BCUT2D eigenvalue weighted by molar-refractivity contribution is -0.152. The number of rotatable bonds is 2. The highest BCUT2D eigenvalue weighted by Crippen LogP contribution is 2.45. The molecule has 2 amide bonds. The summed E-state index contributed by atoms with van der Waals surface area (Å²) in [5, 5.41) is 24.8. The van der Waals surface area contributed by atoms with Crippen LogP contribution < -0.4 is 15.0 Å². The SMILES string of the molecule is COc1cc2cc(c1C)N(C)C(=O)CCC1(C)OC1C(O)C1CC(O)(NC(=O)O1)C(OC)C=CC=C(C)C2. The first kappa shape index (κ1) is 28.1. The number of benzene rings is 1. The number of allylic oxidation sites excluding steroid dienone is 3. The van der Waals surface area contributed by atoms with E-state index in [1.54, 1.807) is 31.2 Å². The number of ether oxygens (including phenoxy) is 4. The number of carbonyl (C=O) groups excluding carboxylic acids is 2. The van der Waals surface area contributed by atoms with Crippen LogP contribution in [0.15, 0.2) is 35.9 Å². The molecule has 0 aromatic heterocycles. The lowest BCUT2D eigenvalue weighted by Crippen LogP contribution is -2.64. The minimum absolute atomic E-state index is 0.101. The summed E-state index contributed by atoms with van der Waals surface area (Å²) in [6, 6.07) is 3.95. The van der Waals surface area contributed by atoms with Gasteiger partial charge in [0.2, 0.25) is 5.91 Å². The molecule has 0 radical (unpaired) electrons. The zero-order valence-electron chi connectivity index (χ0n) is 22.8. The molecular formula is C28H38N2O8. The number of alkyl carbamates (subject to hydrolysis) is 1. The van der Waals surface area contributed by atoms with Crippen LogP contribution in [0.4, 0.5) is 10.5 Å². The van der Waals surface area contributed by atoms with Crippen molar-refractivity contribution in [1.29, 1.82) is 0 Å². The highest BCUT2D eigenvalue weighted by atomic mass is 16.6. The van der Waals surface area contributed by atoms with E-state index in [1.165, 1.54) is 7.11 Å². The third-order valence-corrected chi connectivity index (χ3v) is 7.78. The van der Waals surface area contributed by atoms with Gasteiger partial charge in [0, 0.05) is 32.6 Å². The van der Waals surface area contributed by atoms with Crippen LogP contribution in [0.2, 0.25) is 0 Å². The molecule has 10 nitrogen and oxygen atoms in total. The molecule has 6 unspecified atom stereocenters. The van der Waals surface area contributed by atoms with Crippen molar-refractivity contribution in [1.82, 2.24) is 5.32 Å². The first-order valence-electron chi connectivity index (χ1n) is 12.8. The molecule has 3 aliphatic heterocycles. The van der Waals surface area contributed by atoms with Gasteiger partial charge in [-0.25, -0.2) is 4.79 Å². The highest BCUT2D eigenvalue weighted by molar-refractivity contribution is 5.94. The molecule has 4 rings (SSSR count). The first-order chi connectivity index (χ1) is 17.9. The van der Waals surface area contributed by atoms with Crippen LogP contribution in [-0.4, -0.2) is 79.2 Å². The number of anilines is 1. The van der Waals surface area contributed by atoms with Crippen LogP contribution in [-0.2, 0) is 25.4 Å². The second kappa shape index (κ2) is 10.7. The van der Waals surface area contributed by atoms with E-state index >= 15 is 0 Å². The molecule has 0 saturated carbocycles. The zero-order valence-corrected chi connectivity index (χ0v) is 22.8. The third kappa shape index (κ3) is 5.58. The van der Waals surface area contributed by atoms with E-state index in [1.807, 2.05) is 39.0 Å². The predicted molar refractivity (Wildman–Crippen MR) is 140 cm³/mol. The van der Waals surface area contributed by atoms with Gasteiger partial charge in [0.25, 0.3) is 0 Å². The summed E-state index contributed by atoms with van der Waals surface area (Å²) < 4.78 is 22.3. The number of nitrogens with zero attached hydrogens (tertiary/aromatic N) is 1. The number of carbonyl (C=O) groups is 2. The molecule has 4 bridgehead atoms. The number of fused-ring (bicyclic) bond motifs is 5. The van der Waals surface area contributed by atoms with Crippen LogP contribution >= 0.6 is 0 Å². The second-order valence-electron chi connectivity index (χ2n) is 10.7. The van der Waals surface area contributed by atoms with E-state index < -0.39 is 41.8 Å². The molecule has 1 aromatic carbocycles. The average Bonchev–Trinajstić information content (AvgIpc) is 3.55. The van der Waals surface area contributed by atoms with Crippen molar-refractivity contribution in [2.24, 2.45) is 0 Å². The zero-order chi connectivity index (χ0) is 27.8. The van der Waals surface area contributed by atoms with Crippen molar-refractivity contribution in [3.05, 3.63) is 47.1 Å². The van der Waals surface area contributed by atoms with Gasteiger partial charge in [0.05, 0.1) is 18.4 Å². The maximum atomic E-state index is 13.2. The monoisotopic (exact) mass is 530 g/mol. The Balaban J connectivity index is 1.71. The van der Waals surface area contributed by atoms with Gasteiger partial charge in [-0.15, -0.1) is 0 Å². The predicted octanol–water partition coefficient (Wildman–Crippen LogP) is 2.53. The van der Waals surface area contributed by atoms with E-state index in [4.69, 9.17) is 18.9 Å². The maximum absolute atomic E-state index is 13.2. The van der Waals surface area contributed by atoms with Crippen molar-refractivity contribution >= 4 is 17.7 Å². The molecule has 3 heterocycles. The Morgan fingerprint density at radius 2 is 1.95 bits per heavy atom. The molecule has 3 N–H and O–H groups in total. The number of methoxy groups -OCH3 is 2. The summed E-state index contributed by atoms with van der Waals surface area (Å²) in [7, 11) is 4.78. The third-order valence-electron chi connectivity index (χ3n) is 7.78. The number of aliphatic hydroxyl groups is 2. The van der Waals surface area contributed by atoms with Crippen LogP contribution in [0.25, 0.3) is 0 Å². The van der Waals surface area contributed by atoms with E-state index in [2.05, 4.69) is 5.32 Å². The number of hydrogen-bond donors (Lipinski definition) is 3. The van der Waals surface area contributed by atoms with E-state index in [-0.39, 0.29) is 18.7 Å². The van der Waals surface area contributed by atoms with Gasteiger partial charge in [0.15, 0.2) is 5.72 Å². The molecule has 2 fully saturated rings. The van der Waals surface area contributed by atoms with Gasteiger partial charge in [-0.3, -0.25) is 10.1 Å². The number of nitrogens with one attached hydrogen (secondary N) is 1. The minimum atomic E-state index is -1.81. The smallest absolute Gasteiger partial charge is 0.409 e. The molecule has 2 saturated heterocycles. The van der Waals surface area contributed by atoms with Crippen molar-refractivity contribution in [3.8, 4) is 5.75 Å². The molecule has 0 aliphatic carbocycles. The topological polar surface area (TPSA) is 130 Å². The van der Waals surface area contributed by atoms with Crippen molar-refractivity contribution in [2.75, 3.05) is 26.2 Å². The van der Waals surface area contributed by atoms with Crippen LogP contribution in [0.1, 0.15) is 44.2 Å². The fourth-order valence-electron chi connectivity index (χ4n) is 5.39. The highest BCUT2D eigenvalue weighted by Gasteiger charge is 2.60. The molecule has 6 atom stereocenters. The normalized spacial score (nSPS) is 34.1. The Bertz CT molecular complexity index is 1150. The van der Waals surface area contributed by atoms with Gasteiger partial charge in [-0.05, 0) is 51.3 Å². The molecular weight excluding hydrogens is 492 g/mol. The second-order valence-corrected chi connectivity index (χ2v) is 10.7. The van der Waals surface area contributed by atoms with Gasteiger partial charge in [0.1, 0.15) is 30.2 Å². The number of epoxide rings is 1. The van der Waals surface area contributed by atoms with Crippen molar-refractivity contribution in [2.45, 2.75) is 82.2 Å². The van der Waals surface area contributed by atoms with Crippen molar-refractivity contribution in [3.63, 3.8) is 0 Å². The largest absolute Gasteiger partial charge is 0.496 e. The van der Waals surface area contributed by atoms with Gasteiger partial charge in [-0.1, -0.05) is 23.8 Å².